The molecule has 1 aliphatic carbocycles. The van der Waals surface area contributed by atoms with Gasteiger partial charge in [0, 0.05) is 37.8 Å². The van der Waals surface area contributed by atoms with E-state index in [4.69, 9.17) is 11.6 Å². The maximum atomic E-state index is 12.8. The van der Waals surface area contributed by atoms with E-state index in [1.54, 1.807) is 11.0 Å². The molecular weight excluding hydrogens is 440 g/mol. The second-order valence-corrected chi connectivity index (χ2v) is 8.83. The number of amides is 5. The molecule has 7 nitrogen and oxygen atoms in total. The molecule has 3 fully saturated rings. The summed E-state index contributed by atoms with van der Waals surface area (Å²) in [6, 6.07) is 12.9. The Morgan fingerprint density at radius 3 is 2.27 bits per heavy atom. The number of benzene rings is 2. The summed E-state index contributed by atoms with van der Waals surface area (Å²) in [5, 5.41) is 2.78. The molecule has 174 valence electrons. The van der Waals surface area contributed by atoms with E-state index in [1.165, 1.54) is 4.90 Å². The van der Waals surface area contributed by atoms with Crippen LogP contribution in [0.5, 0.6) is 0 Å². The number of rotatable bonds is 3. The summed E-state index contributed by atoms with van der Waals surface area (Å²) in [6.07, 6.45) is 3.32. The van der Waals surface area contributed by atoms with E-state index < -0.39 is 6.03 Å². The number of nitrogens with zero attached hydrogens (tertiary/aromatic N) is 3. The van der Waals surface area contributed by atoms with E-state index in [0.717, 1.165) is 42.6 Å². The van der Waals surface area contributed by atoms with E-state index in [9.17, 15) is 14.4 Å². The lowest BCUT2D eigenvalue weighted by molar-refractivity contribution is -0.120. The first-order valence-corrected chi connectivity index (χ1v) is 11.8. The number of carbonyl (C=O) groups is 3. The van der Waals surface area contributed by atoms with Gasteiger partial charge >= 0.3 is 12.1 Å². The van der Waals surface area contributed by atoms with Crippen LogP contribution in [0.4, 0.5) is 21.0 Å². The molecule has 1 saturated carbocycles. The number of hydrogen-bond donors (Lipinski definition) is 1. The minimum atomic E-state index is -0.465. The van der Waals surface area contributed by atoms with Crippen molar-refractivity contribution in [3.8, 4) is 11.1 Å². The van der Waals surface area contributed by atoms with Gasteiger partial charge in [-0.1, -0.05) is 49.7 Å². The van der Waals surface area contributed by atoms with Crippen LogP contribution >= 0.6 is 11.6 Å². The standard InChI is InChI=1S/C23H23ClN4O3.C2H6/c1-26-14-12-23(10-11-23)28(22(26)31)16-7-5-15(6-8-16)17-3-2-4-18(20(17)24)27-13-9-19(29)25-21(27)30;1-2/h2-8H,9-14H2,1H3,(H,25,29,30);1-2H3. The van der Waals surface area contributed by atoms with Gasteiger partial charge < -0.3 is 4.90 Å². The SMILES string of the molecule is CC.CN1CCC2(CC2)N(c2ccc(-c3cccc(N4CCC(=O)NC4=O)c3Cl)cc2)C1=O. The molecule has 33 heavy (non-hydrogen) atoms. The second kappa shape index (κ2) is 9.06. The number of nitrogens with one attached hydrogen (secondary N) is 1. The summed E-state index contributed by atoms with van der Waals surface area (Å²) in [6.45, 7) is 5.09. The van der Waals surface area contributed by atoms with Crippen LogP contribution in [0.25, 0.3) is 11.1 Å². The van der Waals surface area contributed by atoms with Crippen molar-refractivity contribution < 1.29 is 14.4 Å². The van der Waals surface area contributed by atoms with Crippen molar-refractivity contribution in [2.75, 3.05) is 29.9 Å². The zero-order chi connectivity index (χ0) is 23.8. The maximum Gasteiger partial charge on any atom is 0.328 e. The molecule has 0 unspecified atom stereocenters. The lowest BCUT2D eigenvalue weighted by Crippen LogP contribution is -2.54. The monoisotopic (exact) mass is 468 g/mol. The number of urea groups is 2. The minimum absolute atomic E-state index is 0.0261. The Bertz CT molecular complexity index is 1080. The highest BCUT2D eigenvalue weighted by Gasteiger charge is 2.53. The van der Waals surface area contributed by atoms with Crippen molar-refractivity contribution in [2.24, 2.45) is 0 Å². The summed E-state index contributed by atoms with van der Waals surface area (Å²) in [5.74, 6) is -0.282. The average Bonchev–Trinajstić information content (AvgIpc) is 3.59. The summed E-state index contributed by atoms with van der Waals surface area (Å²) >= 11 is 6.69. The minimum Gasteiger partial charge on any atom is -0.327 e. The van der Waals surface area contributed by atoms with Crippen LogP contribution in [-0.4, -0.2) is 48.5 Å². The average molecular weight is 469 g/mol. The van der Waals surface area contributed by atoms with Crippen molar-refractivity contribution in [3.05, 3.63) is 47.5 Å². The molecule has 2 aromatic carbocycles. The summed E-state index contributed by atoms with van der Waals surface area (Å²) in [4.78, 5) is 41.7. The molecular formula is C25H29ClN4O3. The third kappa shape index (κ3) is 4.17. The van der Waals surface area contributed by atoms with Gasteiger partial charge in [-0.3, -0.25) is 19.9 Å². The molecule has 0 bridgehead atoms. The lowest BCUT2D eigenvalue weighted by Gasteiger charge is -2.40. The van der Waals surface area contributed by atoms with Gasteiger partial charge in [0.05, 0.1) is 16.2 Å². The zero-order valence-corrected chi connectivity index (χ0v) is 20.0. The van der Waals surface area contributed by atoms with E-state index in [0.29, 0.717) is 17.3 Å². The fraction of sp³-hybridized carbons (Fsp3) is 0.400. The Kier molecular flexibility index (Phi) is 6.34. The van der Waals surface area contributed by atoms with E-state index in [2.05, 4.69) is 5.32 Å². The third-order valence-corrected chi connectivity index (χ3v) is 6.89. The van der Waals surface area contributed by atoms with Crippen molar-refractivity contribution in [1.29, 1.82) is 0 Å². The molecule has 3 aliphatic rings. The van der Waals surface area contributed by atoms with Gasteiger partial charge in [-0.25, -0.2) is 9.59 Å². The van der Waals surface area contributed by atoms with Crippen LogP contribution in [0.2, 0.25) is 5.02 Å². The molecule has 2 aliphatic heterocycles. The van der Waals surface area contributed by atoms with Crippen LogP contribution in [0.1, 0.15) is 39.5 Å². The number of hydrogen-bond acceptors (Lipinski definition) is 3. The molecule has 5 amide bonds. The molecule has 2 aromatic rings. The highest BCUT2D eigenvalue weighted by Crippen LogP contribution is 2.49. The van der Waals surface area contributed by atoms with Gasteiger partial charge in [0.1, 0.15) is 0 Å². The van der Waals surface area contributed by atoms with Crippen molar-refractivity contribution >= 4 is 40.9 Å². The van der Waals surface area contributed by atoms with Gasteiger partial charge in [-0.15, -0.1) is 0 Å². The molecule has 0 atom stereocenters. The van der Waals surface area contributed by atoms with Gasteiger partial charge in [0.2, 0.25) is 5.91 Å². The van der Waals surface area contributed by atoms with Crippen LogP contribution in [-0.2, 0) is 4.79 Å². The van der Waals surface area contributed by atoms with Crippen molar-refractivity contribution in [2.45, 2.75) is 45.1 Å². The van der Waals surface area contributed by atoms with Gasteiger partial charge in [0.15, 0.2) is 0 Å². The molecule has 1 N–H and O–H groups in total. The topological polar surface area (TPSA) is 73.0 Å². The zero-order valence-electron chi connectivity index (χ0n) is 19.2. The number of carbonyl (C=O) groups excluding carboxylic acids is 3. The van der Waals surface area contributed by atoms with Crippen LogP contribution < -0.4 is 15.1 Å². The molecule has 2 saturated heterocycles. The van der Waals surface area contributed by atoms with Crippen LogP contribution in [0, 0.1) is 0 Å². The highest BCUT2D eigenvalue weighted by molar-refractivity contribution is 6.36. The number of anilines is 2. The van der Waals surface area contributed by atoms with Gasteiger partial charge in [-0.2, -0.15) is 0 Å². The largest absolute Gasteiger partial charge is 0.328 e. The molecule has 8 heteroatoms. The smallest absolute Gasteiger partial charge is 0.327 e. The van der Waals surface area contributed by atoms with Crippen LogP contribution in [0.3, 0.4) is 0 Å². The summed E-state index contributed by atoms with van der Waals surface area (Å²) in [5.41, 5.74) is 3.12. The number of imide groups is 1. The Balaban J connectivity index is 0.00000126. The van der Waals surface area contributed by atoms with Crippen LogP contribution in [0.15, 0.2) is 42.5 Å². The normalized spacial score (nSPS) is 19.3. The second-order valence-electron chi connectivity index (χ2n) is 8.45. The molecule has 0 radical (unpaired) electrons. The highest BCUT2D eigenvalue weighted by atomic mass is 35.5. The lowest BCUT2D eigenvalue weighted by atomic mass is 10.0. The predicted octanol–water partition coefficient (Wildman–Crippen LogP) is 5.27. The molecule has 1 spiro atoms. The Morgan fingerprint density at radius 1 is 0.939 bits per heavy atom. The molecule has 2 heterocycles. The Morgan fingerprint density at radius 2 is 1.64 bits per heavy atom. The predicted molar refractivity (Wildman–Crippen MR) is 131 cm³/mol. The summed E-state index contributed by atoms with van der Waals surface area (Å²) < 4.78 is 0. The first kappa shape index (κ1) is 23.1. The van der Waals surface area contributed by atoms with E-state index in [1.807, 2.05) is 62.2 Å². The maximum absolute atomic E-state index is 12.8. The Labute approximate surface area is 199 Å². The first-order valence-electron chi connectivity index (χ1n) is 11.5. The Hall–Kier alpha value is -3.06. The fourth-order valence-electron chi connectivity index (χ4n) is 4.49. The quantitative estimate of drug-likeness (QED) is 0.666. The third-order valence-electron chi connectivity index (χ3n) is 6.49. The van der Waals surface area contributed by atoms with Gasteiger partial charge in [0.25, 0.3) is 0 Å². The first-order chi connectivity index (χ1) is 15.9. The fourth-order valence-corrected chi connectivity index (χ4v) is 4.83. The molecule has 0 aromatic heterocycles. The van der Waals surface area contributed by atoms with Crippen molar-refractivity contribution in [3.63, 3.8) is 0 Å². The van der Waals surface area contributed by atoms with E-state index >= 15 is 0 Å². The molecule has 5 rings (SSSR count). The van der Waals surface area contributed by atoms with Gasteiger partial charge in [-0.05, 0) is 43.0 Å². The summed E-state index contributed by atoms with van der Waals surface area (Å²) in [7, 11) is 1.84. The number of halogens is 1. The van der Waals surface area contributed by atoms with Crippen molar-refractivity contribution in [1.82, 2.24) is 10.2 Å². The van der Waals surface area contributed by atoms with E-state index in [-0.39, 0.29) is 23.9 Å².